The van der Waals surface area contributed by atoms with E-state index in [1.165, 1.54) is 6.07 Å². The second kappa shape index (κ2) is 5.18. The smallest absolute Gasteiger partial charge is 0.269 e. The van der Waals surface area contributed by atoms with Gasteiger partial charge in [-0.25, -0.2) is 0 Å². The molecule has 1 heterocycles. The number of hydrogen-bond donors (Lipinski definition) is 1. The molecule has 0 saturated heterocycles. The number of rotatable bonds is 3. The highest BCUT2D eigenvalue weighted by atomic mass is 16.6. The van der Waals surface area contributed by atoms with Crippen LogP contribution >= 0.6 is 0 Å². The second-order valence-electron chi connectivity index (χ2n) is 5.25. The number of non-ortho nitro benzene ring substituents is 1. The van der Waals surface area contributed by atoms with E-state index in [0.717, 1.165) is 16.8 Å². The van der Waals surface area contributed by atoms with Crippen molar-refractivity contribution in [1.29, 1.82) is 0 Å². The van der Waals surface area contributed by atoms with E-state index in [9.17, 15) is 15.2 Å². The Hall–Kier alpha value is -2.40. The van der Waals surface area contributed by atoms with E-state index in [2.05, 4.69) is 0 Å². The summed E-state index contributed by atoms with van der Waals surface area (Å²) in [6.45, 7) is -0.00145. The summed E-state index contributed by atoms with van der Waals surface area (Å²) in [6.07, 6.45) is 0. The number of nitro groups is 1. The SMILES string of the molecule is CN1c2ccc([N+](=O)[O-])cc2[C@H](c2ccccc2)[C@@H]1CO. The normalized spacial score (nSPS) is 20.4. The predicted octanol–water partition coefficient (Wildman–Crippen LogP) is 2.54. The first-order valence-corrected chi connectivity index (χ1v) is 6.80. The molecule has 0 unspecified atom stereocenters. The first-order valence-electron chi connectivity index (χ1n) is 6.80. The number of aliphatic hydroxyl groups excluding tert-OH is 1. The molecule has 0 aliphatic carbocycles. The molecule has 0 fully saturated rings. The minimum Gasteiger partial charge on any atom is -0.394 e. The minimum atomic E-state index is -0.380. The Labute approximate surface area is 122 Å². The van der Waals surface area contributed by atoms with Crippen LogP contribution in [0.3, 0.4) is 0 Å². The van der Waals surface area contributed by atoms with Crippen LogP contribution in [0.4, 0.5) is 11.4 Å². The van der Waals surface area contributed by atoms with Gasteiger partial charge in [0.1, 0.15) is 0 Å². The molecule has 0 saturated carbocycles. The van der Waals surface area contributed by atoms with Crippen molar-refractivity contribution < 1.29 is 10.0 Å². The van der Waals surface area contributed by atoms with Crippen LogP contribution in [0.25, 0.3) is 0 Å². The zero-order valence-corrected chi connectivity index (χ0v) is 11.6. The highest BCUT2D eigenvalue weighted by Crippen LogP contribution is 2.44. The maximum Gasteiger partial charge on any atom is 0.269 e. The van der Waals surface area contributed by atoms with Gasteiger partial charge in [-0.15, -0.1) is 0 Å². The minimum absolute atomic E-state index is 0.00145. The van der Waals surface area contributed by atoms with E-state index >= 15 is 0 Å². The average Bonchev–Trinajstić information content (AvgIpc) is 2.80. The number of benzene rings is 2. The molecule has 2 aromatic carbocycles. The summed E-state index contributed by atoms with van der Waals surface area (Å²) >= 11 is 0. The van der Waals surface area contributed by atoms with Crippen LogP contribution in [0, 0.1) is 10.1 Å². The van der Waals surface area contributed by atoms with Gasteiger partial charge in [-0.3, -0.25) is 10.1 Å². The van der Waals surface area contributed by atoms with E-state index in [4.69, 9.17) is 0 Å². The van der Waals surface area contributed by atoms with Crippen molar-refractivity contribution in [1.82, 2.24) is 0 Å². The zero-order chi connectivity index (χ0) is 15.0. The molecule has 5 nitrogen and oxygen atoms in total. The van der Waals surface area contributed by atoms with Gasteiger partial charge in [0.2, 0.25) is 0 Å². The third kappa shape index (κ3) is 2.15. The molecule has 0 aromatic heterocycles. The molecule has 0 spiro atoms. The number of fused-ring (bicyclic) bond motifs is 1. The lowest BCUT2D eigenvalue weighted by molar-refractivity contribution is -0.384. The fraction of sp³-hybridized carbons (Fsp3) is 0.250. The molecule has 21 heavy (non-hydrogen) atoms. The summed E-state index contributed by atoms with van der Waals surface area (Å²) in [7, 11) is 1.91. The van der Waals surface area contributed by atoms with Crippen molar-refractivity contribution in [2.75, 3.05) is 18.6 Å². The second-order valence-corrected chi connectivity index (χ2v) is 5.25. The summed E-state index contributed by atoms with van der Waals surface area (Å²) in [5, 5.41) is 20.8. The van der Waals surface area contributed by atoms with Crippen LogP contribution in [-0.2, 0) is 0 Å². The van der Waals surface area contributed by atoms with Crippen LogP contribution < -0.4 is 4.90 Å². The predicted molar refractivity (Wildman–Crippen MR) is 80.7 cm³/mol. The van der Waals surface area contributed by atoms with E-state index in [1.54, 1.807) is 12.1 Å². The molecule has 5 heteroatoms. The zero-order valence-electron chi connectivity index (χ0n) is 11.6. The molecular formula is C16H16N2O3. The van der Waals surface area contributed by atoms with E-state index in [0.29, 0.717) is 0 Å². The molecule has 0 amide bonds. The molecule has 0 radical (unpaired) electrons. The molecule has 108 valence electrons. The van der Waals surface area contributed by atoms with Crippen molar-refractivity contribution in [2.24, 2.45) is 0 Å². The van der Waals surface area contributed by atoms with Crippen LogP contribution in [0.2, 0.25) is 0 Å². The lowest BCUT2D eigenvalue weighted by Crippen LogP contribution is -2.34. The van der Waals surface area contributed by atoms with Crippen molar-refractivity contribution >= 4 is 11.4 Å². The summed E-state index contributed by atoms with van der Waals surface area (Å²) in [5.74, 6) is -0.0592. The molecule has 2 atom stereocenters. The lowest BCUT2D eigenvalue weighted by atomic mass is 9.88. The Morgan fingerprint density at radius 1 is 1.24 bits per heavy atom. The number of nitrogens with zero attached hydrogens (tertiary/aromatic N) is 2. The Bertz CT molecular complexity index is 672. The van der Waals surface area contributed by atoms with Crippen molar-refractivity contribution in [3.05, 3.63) is 69.8 Å². The number of hydrogen-bond acceptors (Lipinski definition) is 4. The summed E-state index contributed by atoms with van der Waals surface area (Å²) in [4.78, 5) is 12.6. The number of nitro benzene ring substituents is 1. The van der Waals surface area contributed by atoms with E-state index in [1.807, 2.05) is 42.3 Å². The van der Waals surface area contributed by atoms with Gasteiger partial charge in [0.05, 0.1) is 17.6 Å². The standard InChI is InChI=1S/C16H16N2O3/c1-17-14-8-7-12(18(20)21)9-13(14)16(15(17)10-19)11-5-3-2-4-6-11/h2-9,15-16,19H,10H2,1H3/t15-,16-/m0/s1. The van der Waals surface area contributed by atoms with Crippen LogP contribution in [0.15, 0.2) is 48.5 Å². The van der Waals surface area contributed by atoms with Gasteiger partial charge in [-0.05, 0) is 17.2 Å². The average molecular weight is 284 g/mol. The number of likely N-dealkylation sites (N-methyl/N-ethyl adjacent to an activating group) is 1. The Balaban J connectivity index is 2.16. The number of aliphatic hydroxyl groups is 1. The first-order chi connectivity index (χ1) is 10.1. The van der Waals surface area contributed by atoms with Gasteiger partial charge in [-0.1, -0.05) is 30.3 Å². The van der Waals surface area contributed by atoms with Gasteiger partial charge in [0.25, 0.3) is 5.69 Å². The van der Waals surface area contributed by atoms with Gasteiger partial charge in [0, 0.05) is 30.8 Å². The maximum absolute atomic E-state index is 11.0. The third-order valence-corrected chi connectivity index (χ3v) is 4.16. The molecule has 1 aliphatic rings. The molecule has 0 bridgehead atoms. The topological polar surface area (TPSA) is 66.6 Å². The first kappa shape index (κ1) is 13.6. The molecule has 3 rings (SSSR count). The quantitative estimate of drug-likeness (QED) is 0.694. The van der Waals surface area contributed by atoms with Crippen molar-refractivity contribution in [3.8, 4) is 0 Å². The fourth-order valence-electron chi connectivity index (χ4n) is 3.13. The lowest BCUT2D eigenvalue weighted by Gasteiger charge is -2.25. The van der Waals surface area contributed by atoms with E-state index < -0.39 is 0 Å². The highest BCUT2D eigenvalue weighted by Gasteiger charge is 2.37. The van der Waals surface area contributed by atoms with Gasteiger partial charge >= 0.3 is 0 Å². The Kier molecular flexibility index (Phi) is 3.35. The fourth-order valence-corrected chi connectivity index (χ4v) is 3.13. The van der Waals surface area contributed by atoms with Gasteiger partial charge < -0.3 is 10.0 Å². The van der Waals surface area contributed by atoms with Gasteiger partial charge in [-0.2, -0.15) is 0 Å². The summed E-state index contributed by atoms with van der Waals surface area (Å²) in [5.41, 5.74) is 2.98. The van der Waals surface area contributed by atoms with Crippen molar-refractivity contribution in [3.63, 3.8) is 0 Å². The Morgan fingerprint density at radius 2 is 1.95 bits per heavy atom. The highest BCUT2D eigenvalue weighted by molar-refractivity contribution is 5.67. The number of anilines is 1. The maximum atomic E-state index is 11.0. The van der Waals surface area contributed by atoms with Crippen molar-refractivity contribution in [2.45, 2.75) is 12.0 Å². The molecular weight excluding hydrogens is 268 g/mol. The van der Waals surface area contributed by atoms with Crippen LogP contribution in [0.1, 0.15) is 17.0 Å². The van der Waals surface area contributed by atoms with Gasteiger partial charge in [0.15, 0.2) is 0 Å². The van der Waals surface area contributed by atoms with Crippen LogP contribution in [-0.4, -0.2) is 29.7 Å². The summed E-state index contributed by atoms with van der Waals surface area (Å²) < 4.78 is 0. The van der Waals surface area contributed by atoms with E-state index in [-0.39, 0.29) is 29.2 Å². The molecule has 1 N–H and O–H groups in total. The molecule has 2 aromatic rings. The monoisotopic (exact) mass is 284 g/mol. The molecule has 1 aliphatic heterocycles. The summed E-state index contributed by atoms with van der Waals surface area (Å²) in [6, 6.07) is 14.6. The van der Waals surface area contributed by atoms with Crippen LogP contribution in [0.5, 0.6) is 0 Å². The third-order valence-electron chi connectivity index (χ3n) is 4.16. The Morgan fingerprint density at radius 3 is 2.57 bits per heavy atom. The largest absolute Gasteiger partial charge is 0.394 e.